The van der Waals surface area contributed by atoms with E-state index in [1.165, 1.54) is 0 Å². The van der Waals surface area contributed by atoms with Crippen LogP contribution < -0.4 is 4.74 Å². The van der Waals surface area contributed by atoms with E-state index in [1.807, 2.05) is 24.3 Å². The summed E-state index contributed by atoms with van der Waals surface area (Å²) in [5, 5.41) is 1.50. The Morgan fingerprint density at radius 2 is 1.82 bits per heavy atom. The van der Waals surface area contributed by atoms with E-state index in [1.54, 1.807) is 12.1 Å². The summed E-state index contributed by atoms with van der Waals surface area (Å²) >= 11 is 18.4. The highest BCUT2D eigenvalue weighted by Crippen LogP contribution is 2.52. The number of carbonyl (C=O) groups excluding carboxylic acids is 1. The molecule has 2 unspecified atom stereocenters. The number of allylic oxidation sites excluding steroid dienone is 1. The van der Waals surface area contributed by atoms with Crippen LogP contribution in [-0.2, 0) is 22.6 Å². The Morgan fingerprint density at radius 1 is 1.07 bits per heavy atom. The maximum absolute atomic E-state index is 12.4. The van der Waals surface area contributed by atoms with E-state index in [0.717, 1.165) is 23.1 Å². The van der Waals surface area contributed by atoms with Crippen LogP contribution in [0.25, 0.3) is 0 Å². The largest absolute Gasteiger partial charge is 0.487 e. The van der Waals surface area contributed by atoms with Crippen molar-refractivity contribution in [3.05, 3.63) is 74.7 Å². The molecule has 0 spiro atoms. The molecule has 2 aromatic carbocycles. The van der Waals surface area contributed by atoms with Gasteiger partial charge in [-0.1, -0.05) is 59.1 Å². The molecule has 146 valence electrons. The fourth-order valence-electron chi connectivity index (χ4n) is 4.19. The summed E-state index contributed by atoms with van der Waals surface area (Å²) in [6, 6.07) is 11.0. The van der Waals surface area contributed by atoms with Crippen LogP contribution in [0.3, 0.4) is 0 Å². The van der Waals surface area contributed by atoms with Crippen LogP contribution in [0.2, 0.25) is 15.1 Å². The molecule has 2 fully saturated rings. The molecule has 0 aromatic heterocycles. The Kier molecular flexibility index (Phi) is 5.34. The Bertz CT molecular complexity index is 956. The van der Waals surface area contributed by atoms with Gasteiger partial charge in [0.25, 0.3) is 0 Å². The molecule has 1 saturated heterocycles. The Hall–Kier alpha value is -1.68. The number of esters is 1. The molecule has 4 rings (SSSR count). The van der Waals surface area contributed by atoms with E-state index in [-0.39, 0.29) is 11.9 Å². The molecule has 2 atom stereocenters. The first-order chi connectivity index (χ1) is 13.4. The third kappa shape index (κ3) is 3.63. The van der Waals surface area contributed by atoms with Crippen molar-refractivity contribution in [1.29, 1.82) is 0 Å². The quantitative estimate of drug-likeness (QED) is 0.408. The molecule has 1 aliphatic carbocycles. The number of rotatable bonds is 5. The lowest BCUT2D eigenvalue weighted by Gasteiger charge is -2.24. The third-order valence-corrected chi connectivity index (χ3v) is 6.63. The second-order valence-electron chi connectivity index (χ2n) is 7.56. The molecule has 0 radical (unpaired) electrons. The zero-order chi connectivity index (χ0) is 19.9. The summed E-state index contributed by atoms with van der Waals surface area (Å²) in [6.07, 6.45) is 2.14. The van der Waals surface area contributed by atoms with Gasteiger partial charge in [-0.15, -0.1) is 0 Å². The van der Waals surface area contributed by atoms with Crippen molar-refractivity contribution >= 4 is 40.8 Å². The number of fused-ring (bicyclic) bond motifs is 1. The standard InChI is InChI=1S/C22H19Cl3O3/c1-13-6-16-12-28-21(26)22(16,9-13)10-14-3-5-20(19(25)7-14)27-11-15-2-4-17(23)18(24)8-15/h2-5,7-8,16H,1,6,9-12H2. The van der Waals surface area contributed by atoms with Crippen molar-refractivity contribution in [3.8, 4) is 5.75 Å². The smallest absolute Gasteiger partial charge is 0.313 e. The molecule has 0 amide bonds. The molecule has 1 aliphatic heterocycles. The molecule has 6 heteroatoms. The van der Waals surface area contributed by atoms with Gasteiger partial charge in [-0.2, -0.15) is 0 Å². The van der Waals surface area contributed by atoms with Crippen molar-refractivity contribution in [1.82, 2.24) is 0 Å². The topological polar surface area (TPSA) is 35.5 Å². The first kappa shape index (κ1) is 19.6. The van der Waals surface area contributed by atoms with Crippen LogP contribution in [0, 0.1) is 11.3 Å². The van der Waals surface area contributed by atoms with Crippen molar-refractivity contribution in [2.75, 3.05) is 6.61 Å². The first-order valence-electron chi connectivity index (χ1n) is 9.06. The van der Waals surface area contributed by atoms with Gasteiger partial charge in [0.1, 0.15) is 12.4 Å². The summed E-state index contributed by atoms with van der Waals surface area (Å²) in [5.74, 6) is 0.666. The molecule has 0 bridgehead atoms. The summed E-state index contributed by atoms with van der Waals surface area (Å²) in [7, 11) is 0. The highest BCUT2D eigenvalue weighted by molar-refractivity contribution is 6.42. The molecule has 2 aliphatic rings. The van der Waals surface area contributed by atoms with E-state index < -0.39 is 5.41 Å². The lowest BCUT2D eigenvalue weighted by Crippen LogP contribution is -2.31. The van der Waals surface area contributed by atoms with Gasteiger partial charge in [0.2, 0.25) is 0 Å². The molecule has 0 N–H and O–H groups in total. The van der Waals surface area contributed by atoms with Crippen LogP contribution in [0.15, 0.2) is 48.6 Å². The molecular weight excluding hydrogens is 419 g/mol. The highest BCUT2D eigenvalue weighted by atomic mass is 35.5. The molecule has 2 aromatic rings. The summed E-state index contributed by atoms with van der Waals surface area (Å²) in [4.78, 5) is 12.4. The van der Waals surface area contributed by atoms with E-state index in [2.05, 4.69) is 6.58 Å². The van der Waals surface area contributed by atoms with Gasteiger partial charge < -0.3 is 9.47 Å². The zero-order valence-electron chi connectivity index (χ0n) is 15.1. The summed E-state index contributed by atoms with van der Waals surface area (Å²) < 4.78 is 11.2. The van der Waals surface area contributed by atoms with Crippen molar-refractivity contribution in [3.63, 3.8) is 0 Å². The lowest BCUT2D eigenvalue weighted by atomic mass is 9.75. The van der Waals surface area contributed by atoms with E-state index in [9.17, 15) is 4.79 Å². The van der Waals surface area contributed by atoms with Gasteiger partial charge in [-0.3, -0.25) is 4.79 Å². The number of hydrogen-bond donors (Lipinski definition) is 0. The van der Waals surface area contributed by atoms with E-state index in [4.69, 9.17) is 44.3 Å². The summed E-state index contributed by atoms with van der Waals surface area (Å²) in [5.41, 5.74) is 2.51. The average molecular weight is 438 g/mol. The molecule has 3 nitrogen and oxygen atoms in total. The fraction of sp³-hybridized carbons (Fsp3) is 0.318. The normalized spacial score (nSPS) is 23.6. The number of halogens is 3. The second-order valence-corrected chi connectivity index (χ2v) is 8.78. The minimum atomic E-state index is -0.497. The fourth-order valence-corrected chi connectivity index (χ4v) is 4.77. The predicted molar refractivity (Wildman–Crippen MR) is 111 cm³/mol. The van der Waals surface area contributed by atoms with Gasteiger partial charge >= 0.3 is 5.97 Å². The predicted octanol–water partition coefficient (Wildman–Crippen LogP) is 6.28. The molecule has 1 heterocycles. The number of cyclic esters (lactones) is 1. The zero-order valence-corrected chi connectivity index (χ0v) is 17.4. The minimum absolute atomic E-state index is 0.118. The van der Waals surface area contributed by atoms with Crippen LogP contribution >= 0.6 is 34.8 Å². The Labute approximate surface area is 179 Å². The minimum Gasteiger partial charge on any atom is -0.487 e. The van der Waals surface area contributed by atoms with Crippen LogP contribution in [0.4, 0.5) is 0 Å². The van der Waals surface area contributed by atoms with Gasteiger partial charge in [-0.25, -0.2) is 0 Å². The van der Waals surface area contributed by atoms with Gasteiger partial charge in [0.15, 0.2) is 0 Å². The second kappa shape index (κ2) is 7.62. The van der Waals surface area contributed by atoms with Crippen molar-refractivity contribution in [2.24, 2.45) is 11.3 Å². The maximum atomic E-state index is 12.4. The SMILES string of the molecule is C=C1CC2COC(=O)C2(Cc2ccc(OCc3ccc(Cl)c(Cl)c3)c(Cl)c2)C1. The summed E-state index contributed by atoms with van der Waals surface area (Å²) in [6.45, 7) is 4.89. The van der Waals surface area contributed by atoms with Gasteiger partial charge in [-0.05, 0) is 54.7 Å². The third-order valence-electron chi connectivity index (χ3n) is 5.60. The van der Waals surface area contributed by atoms with Crippen molar-refractivity contribution in [2.45, 2.75) is 25.9 Å². The number of benzene rings is 2. The number of hydrogen-bond acceptors (Lipinski definition) is 3. The van der Waals surface area contributed by atoms with Gasteiger partial charge in [0, 0.05) is 5.92 Å². The van der Waals surface area contributed by atoms with Crippen LogP contribution in [-0.4, -0.2) is 12.6 Å². The monoisotopic (exact) mass is 436 g/mol. The van der Waals surface area contributed by atoms with Gasteiger partial charge in [0.05, 0.1) is 27.1 Å². The van der Waals surface area contributed by atoms with Crippen LogP contribution in [0.5, 0.6) is 5.75 Å². The lowest BCUT2D eigenvalue weighted by molar-refractivity contribution is -0.146. The Morgan fingerprint density at radius 3 is 2.57 bits per heavy atom. The van der Waals surface area contributed by atoms with E-state index in [0.29, 0.717) is 46.9 Å². The van der Waals surface area contributed by atoms with Crippen molar-refractivity contribution < 1.29 is 14.3 Å². The highest BCUT2D eigenvalue weighted by Gasteiger charge is 2.55. The average Bonchev–Trinajstić information content (AvgIpc) is 3.11. The molecule has 28 heavy (non-hydrogen) atoms. The maximum Gasteiger partial charge on any atom is 0.313 e. The number of ether oxygens (including phenoxy) is 2. The van der Waals surface area contributed by atoms with E-state index >= 15 is 0 Å². The number of carbonyl (C=O) groups is 1. The first-order valence-corrected chi connectivity index (χ1v) is 10.2. The molecular formula is C22H19Cl3O3. The Balaban J connectivity index is 1.48. The van der Waals surface area contributed by atoms with Crippen LogP contribution in [0.1, 0.15) is 24.0 Å². The molecule has 1 saturated carbocycles.